The van der Waals surface area contributed by atoms with E-state index in [1.807, 2.05) is 11.8 Å². The van der Waals surface area contributed by atoms with Crippen molar-refractivity contribution in [3.63, 3.8) is 0 Å². The van der Waals surface area contributed by atoms with Crippen molar-refractivity contribution in [2.75, 3.05) is 31.1 Å². The summed E-state index contributed by atoms with van der Waals surface area (Å²) in [6.45, 7) is 4.36. The van der Waals surface area contributed by atoms with E-state index in [1.165, 1.54) is 18.2 Å². The van der Waals surface area contributed by atoms with E-state index in [9.17, 15) is 26.3 Å². The molecule has 0 amide bonds. The van der Waals surface area contributed by atoms with Gasteiger partial charge in [0.15, 0.2) is 0 Å². The van der Waals surface area contributed by atoms with Crippen LogP contribution in [0.4, 0.5) is 32.0 Å². The van der Waals surface area contributed by atoms with Crippen LogP contribution >= 0.6 is 0 Å². The fourth-order valence-electron chi connectivity index (χ4n) is 3.64. The maximum atomic E-state index is 12.9. The van der Waals surface area contributed by atoms with Gasteiger partial charge in [-0.1, -0.05) is 24.3 Å². The standard InChI is InChI=1S/C21H22F6N2/c1-15(12-16-4-2-5-17(13-16)20(22,23)24)28-8-10-29(11-9-28)19-7-3-6-18(14-19)21(25,26)27/h2-7,13-15H,8-12H2,1H3/t15-/m0/s1. The second-order valence-electron chi connectivity index (χ2n) is 7.32. The van der Waals surface area contributed by atoms with Gasteiger partial charge >= 0.3 is 12.4 Å². The quantitative estimate of drug-likeness (QED) is 0.610. The molecule has 29 heavy (non-hydrogen) atoms. The van der Waals surface area contributed by atoms with Crippen molar-refractivity contribution in [2.24, 2.45) is 0 Å². The molecule has 1 saturated heterocycles. The third-order valence-electron chi connectivity index (χ3n) is 5.26. The van der Waals surface area contributed by atoms with E-state index in [4.69, 9.17) is 0 Å². The number of hydrogen-bond donors (Lipinski definition) is 0. The number of halogens is 6. The lowest BCUT2D eigenvalue weighted by Crippen LogP contribution is -2.50. The summed E-state index contributed by atoms with van der Waals surface area (Å²) in [5.74, 6) is 0. The van der Waals surface area contributed by atoms with Crippen LogP contribution in [0.15, 0.2) is 48.5 Å². The zero-order valence-corrected chi connectivity index (χ0v) is 15.9. The Kier molecular flexibility index (Phi) is 6.12. The molecular formula is C21H22F6N2. The van der Waals surface area contributed by atoms with Gasteiger partial charge in [-0.15, -0.1) is 0 Å². The van der Waals surface area contributed by atoms with Gasteiger partial charge in [0.2, 0.25) is 0 Å². The highest BCUT2D eigenvalue weighted by molar-refractivity contribution is 5.49. The van der Waals surface area contributed by atoms with Gasteiger partial charge in [0.1, 0.15) is 0 Å². The number of nitrogens with zero attached hydrogens (tertiary/aromatic N) is 2. The Bertz CT molecular complexity index is 822. The largest absolute Gasteiger partial charge is 0.416 e. The minimum Gasteiger partial charge on any atom is -0.369 e. The van der Waals surface area contributed by atoms with Gasteiger partial charge in [-0.2, -0.15) is 26.3 Å². The Labute approximate surface area is 165 Å². The fraction of sp³-hybridized carbons (Fsp3) is 0.429. The average Bonchev–Trinajstić information content (AvgIpc) is 2.67. The van der Waals surface area contributed by atoms with E-state index in [0.717, 1.165) is 18.2 Å². The van der Waals surface area contributed by atoms with E-state index < -0.39 is 23.5 Å². The highest BCUT2D eigenvalue weighted by atomic mass is 19.4. The zero-order valence-electron chi connectivity index (χ0n) is 15.9. The van der Waals surface area contributed by atoms with E-state index in [1.54, 1.807) is 12.1 Å². The topological polar surface area (TPSA) is 6.48 Å². The molecule has 2 nitrogen and oxygen atoms in total. The highest BCUT2D eigenvalue weighted by Gasteiger charge is 2.32. The Hall–Kier alpha value is -2.22. The number of anilines is 1. The summed E-state index contributed by atoms with van der Waals surface area (Å²) in [4.78, 5) is 4.06. The third-order valence-corrected chi connectivity index (χ3v) is 5.26. The number of benzene rings is 2. The molecule has 1 heterocycles. The van der Waals surface area contributed by atoms with Gasteiger partial charge in [0.05, 0.1) is 11.1 Å². The maximum Gasteiger partial charge on any atom is 0.416 e. The van der Waals surface area contributed by atoms with Gasteiger partial charge in [-0.05, 0) is 43.2 Å². The predicted octanol–water partition coefficient (Wildman–Crippen LogP) is 5.48. The molecule has 0 spiro atoms. The second kappa shape index (κ2) is 8.26. The summed E-state index contributed by atoms with van der Waals surface area (Å²) in [6.07, 6.45) is -8.26. The molecule has 0 aliphatic carbocycles. The lowest BCUT2D eigenvalue weighted by Gasteiger charge is -2.39. The Balaban J connectivity index is 1.60. The van der Waals surface area contributed by atoms with Crippen LogP contribution in [0.5, 0.6) is 0 Å². The summed E-state index contributed by atoms with van der Waals surface area (Å²) >= 11 is 0. The molecule has 1 atom stereocenters. The van der Waals surface area contributed by atoms with Crippen LogP contribution in [0.25, 0.3) is 0 Å². The summed E-state index contributed by atoms with van der Waals surface area (Å²) in [5.41, 5.74) is -0.176. The third kappa shape index (κ3) is 5.44. The zero-order chi connectivity index (χ0) is 21.2. The number of piperazine rings is 1. The van der Waals surface area contributed by atoms with E-state index >= 15 is 0 Å². The van der Waals surface area contributed by atoms with Crippen LogP contribution in [-0.2, 0) is 18.8 Å². The summed E-state index contributed by atoms with van der Waals surface area (Å²) in [6, 6.07) is 10.6. The van der Waals surface area contributed by atoms with Crippen molar-refractivity contribution in [2.45, 2.75) is 31.7 Å². The molecule has 158 valence electrons. The van der Waals surface area contributed by atoms with Gasteiger partial charge in [-0.3, -0.25) is 4.90 Å². The van der Waals surface area contributed by atoms with Gasteiger partial charge in [0, 0.05) is 37.9 Å². The first-order valence-electron chi connectivity index (χ1n) is 9.36. The van der Waals surface area contributed by atoms with Crippen molar-refractivity contribution in [1.82, 2.24) is 4.90 Å². The van der Waals surface area contributed by atoms with Crippen LogP contribution in [0.1, 0.15) is 23.6 Å². The summed E-state index contributed by atoms with van der Waals surface area (Å²) < 4.78 is 77.4. The van der Waals surface area contributed by atoms with Crippen molar-refractivity contribution in [1.29, 1.82) is 0 Å². The first-order chi connectivity index (χ1) is 13.5. The molecule has 1 aliphatic rings. The molecule has 3 rings (SSSR count). The van der Waals surface area contributed by atoms with Crippen LogP contribution in [0.2, 0.25) is 0 Å². The maximum absolute atomic E-state index is 12.9. The number of rotatable bonds is 4. The number of hydrogen-bond acceptors (Lipinski definition) is 2. The SMILES string of the molecule is C[C@@H](Cc1cccc(C(F)(F)F)c1)N1CCN(c2cccc(C(F)(F)F)c2)CC1. The molecule has 1 fully saturated rings. The van der Waals surface area contributed by atoms with Crippen LogP contribution in [0, 0.1) is 0 Å². The molecule has 0 saturated carbocycles. The molecule has 0 radical (unpaired) electrons. The summed E-state index contributed by atoms with van der Waals surface area (Å²) in [7, 11) is 0. The molecule has 2 aromatic rings. The van der Waals surface area contributed by atoms with E-state index in [0.29, 0.717) is 43.9 Å². The minimum atomic E-state index is -4.38. The van der Waals surface area contributed by atoms with Crippen molar-refractivity contribution >= 4 is 5.69 Å². The Morgan fingerprint density at radius 2 is 1.34 bits per heavy atom. The average molecular weight is 416 g/mol. The lowest BCUT2D eigenvalue weighted by molar-refractivity contribution is -0.138. The monoisotopic (exact) mass is 416 g/mol. The molecule has 2 aromatic carbocycles. The van der Waals surface area contributed by atoms with E-state index in [-0.39, 0.29) is 6.04 Å². The van der Waals surface area contributed by atoms with Gasteiger partial charge in [-0.25, -0.2) is 0 Å². The molecule has 0 aromatic heterocycles. The van der Waals surface area contributed by atoms with E-state index in [2.05, 4.69) is 4.90 Å². The van der Waals surface area contributed by atoms with Crippen molar-refractivity contribution < 1.29 is 26.3 Å². The predicted molar refractivity (Wildman–Crippen MR) is 99.8 cm³/mol. The second-order valence-corrected chi connectivity index (χ2v) is 7.32. The number of alkyl halides is 6. The molecule has 0 unspecified atom stereocenters. The lowest BCUT2D eigenvalue weighted by atomic mass is 10.0. The highest BCUT2D eigenvalue weighted by Crippen LogP contribution is 2.32. The van der Waals surface area contributed by atoms with Crippen molar-refractivity contribution in [3.05, 3.63) is 65.2 Å². The Morgan fingerprint density at radius 3 is 1.93 bits per heavy atom. The first-order valence-corrected chi connectivity index (χ1v) is 9.36. The molecular weight excluding hydrogens is 394 g/mol. The minimum absolute atomic E-state index is 0.0298. The molecule has 1 aliphatic heterocycles. The molecule has 0 bridgehead atoms. The molecule has 8 heteroatoms. The Morgan fingerprint density at radius 1 is 0.793 bits per heavy atom. The van der Waals surface area contributed by atoms with Gasteiger partial charge in [0.25, 0.3) is 0 Å². The van der Waals surface area contributed by atoms with Crippen LogP contribution < -0.4 is 4.90 Å². The fourth-order valence-corrected chi connectivity index (χ4v) is 3.64. The van der Waals surface area contributed by atoms with Crippen molar-refractivity contribution in [3.8, 4) is 0 Å². The molecule has 0 N–H and O–H groups in total. The summed E-state index contributed by atoms with van der Waals surface area (Å²) in [5, 5.41) is 0. The smallest absolute Gasteiger partial charge is 0.369 e. The van der Waals surface area contributed by atoms with Gasteiger partial charge < -0.3 is 4.90 Å². The van der Waals surface area contributed by atoms with Crippen LogP contribution in [-0.4, -0.2) is 37.1 Å². The first kappa shape index (κ1) is 21.5. The van der Waals surface area contributed by atoms with Crippen LogP contribution in [0.3, 0.4) is 0 Å². The normalized spacial score (nSPS) is 17.4.